The van der Waals surface area contributed by atoms with Gasteiger partial charge in [0, 0.05) is 18.2 Å². The van der Waals surface area contributed by atoms with E-state index >= 15 is 0 Å². The molecule has 0 heterocycles. The average molecular weight is 230 g/mol. The average Bonchev–Trinajstić information content (AvgIpc) is 2.33. The van der Waals surface area contributed by atoms with Crippen molar-refractivity contribution in [3.05, 3.63) is 0 Å². The van der Waals surface area contributed by atoms with Crippen LogP contribution < -0.4 is 5.73 Å². The summed E-state index contributed by atoms with van der Waals surface area (Å²) in [5, 5.41) is 0. The van der Waals surface area contributed by atoms with Crippen molar-refractivity contribution in [3.8, 4) is 0 Å². The van der Waals surface area contributed by atoms with E-state index in [-0.39, 0.29) is 11.6 Å². The molecule has 3 heteroatoms. The van der Waals surface area contributed by atoms with Gasteiger partial charge in [-0.05, 0) is 32.9 Å². The highest BCUT2D eigenvalue weighted by molar-refractivity contribution is 4.96. The summed E-state index contributed by atoms with van der Waals surface area (Å²) in [5.74, 6) is 0. The standard InChI is InChI=1S/C13H30N2O/c1-6-13(7-2,15(8-3)9-4)12(14)11-16-10-5/h12H,6-11,14H2,1-5H3. The second kappa shape index (κ2) is 8.04. The first-order chi connectivity index (χ1) is 7.62. The molecule has 0 aliphatic rings. The summed E-state index contributed by atoms with van der Waals surface area (Å²) < 4.78 is 5.49. The molecule has 0 amide bonds. The van der Waals surface area contributed by atoms with Crippen molar-refractivity contribution < 1.29 is 4.74 Å². The molecule has 3 nitrogen and oxygen atoms in total. The van der Waals surface area contributed by atoms with E-state index in [0.717, 1.165) is 32.5 Å². The molecule has 0 aromatic heterocycles. The van der Waals surface area contributed by atoms with Crippen LogP contribution in [0.25, 0.3) is 0 Å². The summed E-state index contributed by atoms with van der Waals surface area (Å²) in [6.45, 7) is 14.4. The lowest BCUT2D eigenvalue weighted by Gasteiger charge is -2.46. The van der Waals surface area contributed by atoms with E-state index in [4.69, 9.17) is 10.5 Å². The fraction of sp³-hybridized carbons (Fsp3) is 1.00. The first-order valence-corrected chi connectivity index (χ1v) is 6.71. The molecule has 0 aromatic carbocycles. The van der Waals surface area contributed by atoms with Crippen molar-refractivity contribution in [3.63, 3.8) is 0 Å². The van der Waals surface area contributed by atoms with E-state index in [0.29, 0.717) is 6.61 Å². The maximum atomic E-state index is 6.35. The van der Waals surface area contributed by atoms with Gasteiger partial charge in [0.25, 0.3) is 0 Å². The molecule has 1 unspecified atom stereocenters. The molecule has 0 aliphatic carbocycles. The molecule has 98 valence electrons. The molecule has 1 atom stereocenters. The fourth-order valence-corrected chi connectivity index (χ4v) is 2.71. The highest BCUT2D eigenvalue weighted by Gasteiger charge is 2.37. The summed E-state index contributed by atoms with van der Waals surface area (Å²) in [6.07, 6.45) is 2.17. The maximum absolute atomic E-state index is 6.35. The van der Waals surface area contributed by atoms with Crippen LogP contribution in [-0.2, 0) is 4.74 Å². The minimum absolute atomic E-state index is 0.0959. The van der Waals surface area contributed by atoms with Gasteiger partial charge in [0.15, 0.2) is 0 Å². The van der Waals surface area contributed by atoms with Gasteiger partial charge < -0.3 is 10.5 Å². The van der Waals surface area contributed by atoms with E-state index in [1.165, 1.54) is 0 Å². The Morgan fingerprint density at radius 1 is 1.06 bits per heavy atom. The van der Waals surface area contributed by atoms with Crippen LogP contribution in [-0.4, -0.2) is 42.8 Å². The molecule has 0 bridgehead atoms. The molecule has 0 spiro atoms. The van der Waals surface area contributed by atoms with Crippen molar-refractivity contribution in [2.75, 3.05) is 26.3 Å². The lowest BCUT2D eigenvalue weighted by molar-refractivity contribution is 0.0205. The van der Waals surface area contributed by atoms with Gasteiger partial charge in [-0.15, -0.1) is 0 Å². The van der Waals surface area contributed by atoms with Crippen LogP contribution in [0.3, 0.4) is 0 Å². The van der Waals surface area contributed by atoms with Gasteiger partial charge >= 0.3 is 0 Å². The third-order valence-corrected chi connectivity index (χ3v) is 3.81. The van der Waals surface area contributed by atoms with Crippen molar-refractivity contribution in [2.24, 2.45) is 5.73 Å². The summed E-state index contributed by atoms with van der Waals surface area (Å²) in [7, 11) is 0. The number of likely N-dealkylation sites (N-methyl/N-ethyl adjacent to an activating group) is 1. The number of ether oxygens (including phenoxy) is 1. The van der Waals surface area contributed by atoms with Gasteiger partial charge in [0.1, 0.15) is 0 Å². The fourth-order valence-electron chi connectivity index (χ4n) is 2.71. The maximum Gasteiger partial charge on any atom is 0.0635 e. The molecule has 0 saturated carbocycles. The highest BCUT2D eigenvalue weighted by Crippen LogP contribution is 2.27. The Balaban J connectivity index is 4.76. The van der Waals surface area contributed by atoms with Crippen molar-refractivity contribution in [1.82, 2.24) is 4.90 Å². The minimum Gasteiger partial charge on any atom is -0.380 e. The van der Waals surface area contributed by atoms with E-state index in [1.807, 2.05) is 6.92 Å². The Bertz CT molecular complexity index is 165. The van der Waals surface area contributed by atoms with E-state index in [2.05, 4.69) is 32.6 Å². The van der Waals surface area contributed by atoms with Gasteiger partial charge in [-0.2, -0.15) is 0 Å². The molecule has 2 N–H and O–H groups in total. The lowest BCUT2D eigenvalue weighted by Crippen LogP contribution is -2.61. The topological polar surface area (TPSA) is 38.5 Å². The largest absolute Gasteiger partial charge is 0.380 e. The Hall–Kier alpha value is -0.120. The summed E-state index contributed by atoms with van der Waals surface area (Å²) in [4.78, 5) is 2.48. The number of hydrogen-bond acceptors (Lipinski definition) is 3. The van der Waals surface area contributed by atoms with Gasteiger partial charge in [-0.1, -0.05) is 27.7 Å². The molecule has 0 rings (SSSR count). The zero-order chi connectivity index (χ0) is 12.6. The second-order valence-corrected chi connectivity index (χ2v) is 4.25. The normalized spacial score (nSPS) is 14.4. The van der Waals surface area contributed by atoms with Crippen LogP contribution in [0, 0.1) is 0 Å². The SMILES string of the molecule is CCOCC(N)C(CC)(CC)N(CC)CC. The van der Waals surface area contributed by atoms with Crippen molar-refractivity contribution in [1.29, 1.82) is 0 Å². The smallest absolute Gasteiger partial charge is 0.0635 e. The first kappa shape index (κ1) is 15.9. The molecule has 0 radical (unpaired) electrons. The van der Waals surface area contributed by atoms with E-state index in [9.17, 15) is 0 Å². The molecule has 0 aliphatic heterocycles. The Kier molecular flexibility index (Phi) is 7.98. The van der Waals surface area contributed by atoms with Gasteiger partial charge in [-0.3, -0.25) is 4.90 Å². The predicted molar refractivity (Wildman–Crippen MR) is 70.7 cm³/mol. The number of rotatable bonds is 9. The molecule has 0 saturated heterocycles. The monoisotopic (exact) mass is 230 g/mol. The van der Waals surface area contributed by atoms with Crippen molar-refractivity contribution in [2.45, 2.75) is 59.0 Å². The van der Waals surface area contributed by atoms with Crippen LogP contribution in [0.2, 0.25) is 0 Å². The number of nitrogens with two attached hydrogens (primary N) is 1. The minimum atomic E-state index is 0.0959. The van der Waals surface area contributed by atoms with Crippen LogP contribution >= 0.6 is 0 Å². The third-order valence-electron chi connectivity index (χ3n) is 3.81. The van der Waals surface area contributed by atoms with E-state index < -0.39 is 0 Å². The third kappa shape index (κ3) is 3.44. The summed E-state index contributed by atoms with van der Waals surface area (Å²) >= 11 is 0. The molecular formula is C13H30N2O. The summed E-state index contributed by atoms with van der Waals surface area (Å²) in [6, 6.07) is 0.0994. The number of hydrogen-bond donors (Lipinski definition) is 1. The molecule has 0 fully saturated rings. The van der Waals surface area contributed by atoms with Crippen LogP contribution in [0.1, 0.15) is 47.5 Å². The van der Waals surface area contributed by atoms with Crippen LogP contribution in [0.5, 0.6) is 0 Å². The zero-order valence-corrected chi connectivity index (χ0v) is 11.8. The number of nitrogens with zero attached hydrogens (tertiary/aromatic N) is 1. The van der Waals surface area contributed by atoms with Crippen LogP contribution in [0.15, 0.2) is 0 Å². The predicted octanol–water partition coefficient (Wildman–Crippen LogP) is 2.25. The zero-order valence-electron chi connectivity index (χ0n) is 11.8. The second-order valence-electron chi connectivity index (χ2n) is 4.25. The molecule has 16 heavy (non-hydrogen) atoms. The Morgan fingerprint density at radius 2 is 1.56 bits per heavy atom. The molecular weight excluding hydrogens is 200 g/mol. The quantitative estimate of drug-likeness (QED) is 0.660. The lowest BCUT2D eigenvalue weighted by atomic mass is 9.83. The highest BCUT2D eigenvalue weighted by atomic mass is 16.5. The van der Waals surface area contributed by atoms with E-state index in [1.54, 1.807) is 0 Å². The molecule has 0 aromatic rings. The Morgan fingerprint density at radius 3 is 1.88 bits per heavy atom. The summed E-state index contributed by atoms with van der Waals surface area (Å²) in [5.41, 5.74) is 6.44. The van der Waals surface area contributed by atoms with Gasteiger partial charge in [0.05, 0.1) is 6.61 Å². The van der Waals surface area contributed by atoms with Crippen LogP contribution in [0.4, 0.5) is 0 Å². The first-order valence-electron chi connectivity index (χ1n) is 6.71. The van der Waals surface area contributed by atoms with Crippen molar-refractivity contribution >= 4 is 0 Å². The Labute approximate surface area is 101 Å². The van der Waals surface area contributed by atoms with Gasteiger partial charge in [-0.25, -0.2) is 0 Å². The van der Waals surface area contributed by atoms with Gasteiger partial charge in [0.2, 0.25) is 0 Å².